The van der Waals surface area contributed by atoms with Crippen molar-refractivity contribution in [1.29, 1.82) is 0 Å². The van der Waals surface area contributed by atoms with Crippen molar-refractivity contribution in [2.24, 2.45) is 5.92 Å². The van der Waals surface area contributed by atoms with Gasteiger partial charge < -0.3 is 15.4 Å². The minimum Gasteiger partial charge on any atom is -0.381 e. The Labute approximate surface area is 112 Å². The second kappa shape index (κ2) is 11.5. The minimum absolute atomic E-state index is 0.0793. The summed E-state index contributed by atoms with van der Waals surface area (Å²) in [5, 5.41) is 6.12. The zero-order valence-electron chi connectivity index (χ0n) is 12.4. The van der Waals surface area contributed by atoms with Crippen LogP contribution in [0.15, 0.2) is 0 Å². The van der Waals surface area contributed by atoms with Crippen LogP contribution in [0, 0.1) is 5.92 Å². The number of carbonyl (C=O) groups is 1. The molecular formula is C14H30N2O2. The third-order valence-electron chi connectivity index (χ3n) is 2.64. The molecule has 0 bridgehead atoms. The molecule has 0 spiro atoms. The molecule has 0 radical (unpaired) electrons. The van der Waals surface area contributed by atoms with Gasteiger partial charge in [-0.3, -0.25) is 4.79 Å². The summed E-state index contributed by atoms with van der Waals surface area (Å²) in [7, 11) is 0. The van der Waals surface area contributed by atoms with E-state index in [4.69, 9.17) is 4.74 Å². The lowest BCUT2D eigenvalue weighted by Crippen LogP contribution is -2.43. The molecule has 4 nitrogen and oxygen atoms in total. The highest BCUT2D eigenvalue weighted by Crippen LogP contribution is 1.91. The molecule has 0 aromatic heterocycles. The fourth-order valence-corrected chi connectivity index (χ4v) is 1.39. The Kier molecular flexibility index (Phi) is 11.1. The van der Waals surface area contributed by atoms with Crippen LogP contribution in [0.25, 0.3) is 0 Å². The van der Waals surface area contributed by atoms with Crippen molar-refractivity contribution < 1.29 is 9.53 Å². The van der Waals surface area contributed by atoms with E-state index in [9.17, 15) is 4.79 Å². The molecule has 0 heterocycles. The van der Waals surface area contributed by atoms with Crippen molar-refractivity contribution in [2.75, 3.05) is 26.3 Å². The van der Waals surface area contributed by atoms with E-state index in [0.29, 0.717) is 5.92 Å². The van der Waals surface area contributed by atoms with Crippen molar-refractivity contribution in [2.45, 2.75) is 53.0 Å². The smallest absolute Gasteiger partial charge is 0.236 e. The molecule has 0 aliphatic rings. The Morgan fingerprint density at radius 3 is 2.44 bits per heavy atom. The monoisotopic (exact) mass is 258 g/mol. The highest BCUT2D eigenvalue weighted by atomic mass is 16.5. The predicted molar refractivity (Wildman–Crippen MR) is 75.7 cm³/mol. The van der Waals surface area contributed by atoms with Gasteiger partial charge in [0.25, 0.3) is 0 Å². The number of carbonyl (C=O) groups excluding carboxylic acids is 1. The van der Waals surface area contributed by atoms with Gasteiger partial charge in [0.1, 0.15) is 0 Å². The van der Waals surface area contributed by atoms with Gasteiger partial charge >= 0.3 is 0 Å². The average molecular weight is 258 g/mol. The van der Waals surface area contributed by atoms with Crippen LogP contribution in [0.2, 0.25) is 0 Å². The van der Waals surface area contributed by atoms with Crippen LogP contribution in [-0.4, -0.2) is 38.3 Å². The van der Waals surface area contributed by atoms with Crippen molar-refractivity contribution in [3.8, 4) is 0 Å². The van der Waals surface area contributed by atoms with Gasteiger partial charge in [0.05, 0.1) is 6.04 Å². The Morgan fingerprint density at radius 1 is 1.17 bits per heavy atom. The molecule has 0 saturated carbocycles. The van der Waals surface area contributed by atoms with Gasteiger partial charge in [0.15, 0.2) is 0 Å². The maximum atomic E-state index is 11.6. The number of nitrogens with one attached hydrogen (secondary N) is 2. The van der Waals surface area contributed by atoms with Crippen LogP contribution in [-0.2, 0) is 9.53 Å². The second-order valence-corrected chi connectivity index (χ2v) is 5.13. The Hall–Kier alpha value is -0.610. The Balaban J connectivity index is 3.40. The van der Waals surface area contributed by atoms with E-state index in [1.165, 1.54) is 6.42 Å². The summed E-state index contributed by atoms with van der Waals surface area (Å²) in [5.74, 6) is 0.573. The number of ether oxygens (including phenoxy) is 1. The molecule has 0 fully saturated rings. The summed E-state index contributed by atoms with van der Waals surface area (Å²) >= 11 is 0. The first kappa shape index (κ1) is 17.4. The van der Waals surface area contributed by atoms with E-state index in [0.717, 1.165) is 39.1 Å². The fraction of sp³-hybridized carbons (Fsp3) is 0.929. The van der Waals surface area contributed by atoms with Gasteiger partial charge in [-0.15, -0.1) is 0 Å². The normalized spacial score (nSPS) is 12.7. The van der Waals surface area contributed by atoms with Crippen LogP contribution in [0.5, 0.6) is 0 Å². The van der Waals surface area contributed by atoms with E-state index in [2.05, 4.69) is 31.4 Å². The van der Waals surface area contributed by atoms with Gasteiger partial charge in [-0.05, 0) is 32.2 Å². The topological polar surface area (TPSA) is 50.4 Å². The summed E-state index contributed by atoms with van der Waals surface area (Å²) in [6.07, 6.45) is 3.25. The molecule has 1 unspecified atom stereocenters. The molecular weight excluding hydrogens is 228 g/mol. The molecule has 2 N–H and O–H groups in total. The molecule has 0 aromatic rings. The van der Waals surface area contributed by atoms with Crippen molar-refractivity contribution in [3.05, 3.63) is 0 Å². The first-order chi connectivity index (χ1) is 8.57. The van der Waals surface area contributed by atoms with Crippen LogP contribution in [0.1, 0.15) is 47.0 Å². The van der Waals surface area contributed by atoms with Crippen LogP contribution >= 0.6 is 0 Å². The predicted octanol–water partition coefficient (Wildman–Crippen LogP) is 1.94. The third kappa shape index (κ3) is 10.5. The number of amides is 1. The summed E-state index contributed by atoms with van der Waals surface area (Å²) in [5.41, 5.74) is 0. The zero-order chi connectivity index (χ0) is 13.8. The van der Waals surface area contributed by atoms with Gasteiger partial charge in [-0.2, -0.15) is 0 Å². The molecule has 0 aliphatic heterocycles. The first-order valence-electron chi connectivity index (χ1n) is 7.16. The van der Waals surface area contributed by atoms with Crippen molar-refractivity contribution >= 4 is 5.91 Å². The molecule has 1 amide bonds. The Morgan fingerprint density at radius 2 is 1.83 bits per heavy atom. The van der Waals surface area contributed by atoms with Crippen LogP contribution < -0.4 is 10.6 Å². The SMILES string of the molecule is CCCCOCCCNC(C)C(=O)NCC(C)C. The van der Waals surface area contributed by atoms with Gasteiger partial charge in [0.2, 0.25) is 5.91 Å². The molecule has 108 valence electrons. The van der Waals surface area contributed by atoms with E-state index >= 15 is 0 Å². The number of rotatable bonds is 11. The summed E-state index contributed by atoms with van der Waals surface area (Å²) < 4.78 is 5.45. The largest absolute Gasteiger partial charge is 0.381 e. The lowest BCUT2D eigenvalue weighted by Gasteiger charge is -2.15. The highest BCUT2D eigenvalue weighted by molar-refractivity contribution is 5.81. The third-order valence-corrected chi connectivity index (χ3v) is 2.64. The van der Waals surface area contributed by atoms with Gasteiger partial charge in [0, 0.05) is 19.8 Å². The lowest BCUT2D eigenvalue weighted by atomic mass is 10.2. The standard InChI is InChI=1S/C14H30N2O2/c1-5-6-9-18-10-7-8-15-13(4)14(17)16-11-12(2)3/h12-13,15H,5-11H2,1-4H3,(H,16,17). The summed E-state index contributed by atoms with van der Waals surface area (Å²) in [6, 6.07) is -0.126. The maximum Gasteiger partial charge on any atom is 0.236 e. The highest BCUT2D eigenvalue weighted by Gasteiger charge is 2.11. The molecule has 0 rings (SSSR count). The lowest BCUT2D eigenvalue weighted by molar-refractivity contribution is -0.122. The molecule has 0 aromatic carbocycles. The minimum atomic E-state index is -0.126. The van der Waals surface area contributed by atoms with E-state index in [1.54, 1.807) is 0 Å². The molecule has 0 aliphatic carbocycles. The quantitative estimate of drug-likeness (QED) is 0.557. The van der Waals surface area contributed by atoms with Crippen LogP contribution in [0.4, 0.5) is 0 Å². The number of hydrogen-bond acceptors (Lipinski definition) is 3. The average Bonchev–Trinajstić information content (AvgIpc) is 2.34. The zero-order valence-corrected chi connectivity index (χ0v) is 12.4. The number of hydrogen-bond donors (Lipinski definition) is 2. The van der Waals surface area contributed by atoms with E-state index in [1.807, 2.05) is 6.92 Å². The van der Waals surface area contributed by atoms with Crippen molar-refractivity contribution in [1.82, 2.24) is 10.6 Å². The Bertz CT molecular complexity index is 208. The summed E-state index contributed by atoms with van der Waals surface area (Å²) in [4.78, 5) is 11.6. The van der Waals surface area contributed by atoms with Crippen LogP contribution in [0.3, 0.4) is 0 Å². The first-order valence-corrected chi connectivity index (χ1v) is 7.16. The molecule has 4 heteroatoms. The molecule has 0 saturated heterocycles. The second-order valence-electron chi connectivity index (χ2n) is 5.13. The van der Waals surface area contributed by atoms with Gasteiger partial charge in [-0.1, -0.05) is 27.2 Å². The van der Waals surface area contributed by atoms with E-state index in [-0.39, 0.29) is 11.9 Å². The molecule has 1 atom stereocenters. The van der Waals surface area contributed by atoms with Crippen molar-refractivity contribution in [3.63, 3.8) is 0 Å². The molecule has 18 heavy (non-hydrogen) atoms. The fourth-order valence-electron chi connectivity index (χ4n) is 1.39. The number of unbranched alkanes of at least 4 members (excludes halogenated alkanes) is 1. The van der Waals surface area contributed by atoms with Gasteiger partial charge in [-0.25, -0.2) is 0 Å². The van der Waals surface area contributed by atoms with E-state index < -0.39 is 0 Å². The summed E-state index contributed by atoms with van der Waals surface area (Å²) in [6.45, 7) is 11.4. The maximum absolute atomic E-state index is 11.6.